The maximum atomic E-state index is 6.59. The Hall–Kier alpha value is -1.53. The van der Waals surface area contributed by atoms with E-state index in [0.717, 1.165) is 11.5 Å². The summed E-state index contributed by atoms with van der Waals surface area (Å²) < 4.78 is 13.2. The third kappa shape index (κ3) is 5.39. The normalized spacial score (nSPS) is 13.3. The van der Waals surface area contributed by atoms with Crippen molar-refractivity contribution in [1.82, 2.24) is 0 Å². The second-order valence-corrected chi connectivity index (χ2v) is 21.1. The van der Waals surface area contributed by atoms with Gasteiger partial charge in [-0.3, -0.25) is 0 Å². The van der Waals surface area contributed by atoms with Crippen molar-refractivity contribution >= 4 is 16.6 Å². The molecule has 0 saturated carbocycles. The van der Waals surface area contributed by atoms with Crippen molar-refractivity contribution < 1.29 is 8.85 Å². The lowest BCUT2D eigenvalue weighted by Gasteiger charge is -2.37. The molecule has 0 amide bonds. The summed E-state index contributed by atoms with van der Waals surface area (Å²) in [6.45, 7) is 27.2. The maximum Gasteiger partial charge on any atom is 0.250 e. The van der Waals surface area contributed by atoms with Gasteiger partial charge in [-0.2, -0.15) is 0 Å². The highest BCUT2D eigenvalue weighted by atomic mass is 28.4. The van der Waals surface area contributed by atoms with Crippen LogP contribution in [0.2, 0.25) is 36.3 Å². The Balaban J connectivity index is 2.47. The highest BCUT2D eigenvalue weighted by Crippen LogP contribution is 2.41. The summed E-state index contributed by atoms with van der Waals surface area (Å²) >= 11 is 0. The summed E-state index contributed by atoms with van der Waals surface area (Å²) in [6, 6.07) is 13.0. The minimum atomic E-state index is -1.88. The van der Waals surface area contributed by atoms with Gasteiger partial charge in [-0.05, 0) is 96.6 Å². The molecule has 0 atom stereocenters. The third-order valence-electron chi connectivity index (χ3n) is 7.07. The molecule has 2 nitrogen and oxygen atoms in total. The fraction of sp³-hybridized carbons (Fsp3) is 0.538. The zero-order valence-corrected chi connectivity index (χ0v) is 23.3. The molecule has 0 unspecified atom stereocenters. The predicted octanol–water partition coefficient (Wildman–Crippen LogP) is 8.74. The molecule has 0 aliphatic rings. The van der Waals surface area contributed by atoms with Crippen LogP contribution >= 0.6 is 0 Å². The van der Waals surface area contributed by atoms with Gasteiger partial charge in [0.05, 0.1) is 0 Å². The molecule has 0 aromatic heterocycles. The Morgan fingerprint density at radius 1 is 0.567 bits per heavy atom. The van der Waals surface area contributed by atoms with E-state index in [0.29, 0.717) is 0 Å². The van der Waals surface area contributed by atoms with E-state index in [4.69, 9.17) is 8.85 Å². The highest BCUT2D eigenvalue weighted by Gasteiger charge is 2.40. The van der Waals surface area contributed by atoms with Crippen LogP contribution in [0.1, 0.15) is 52.7 Å². The Kier molecular flexibility index (Phi) is 6.76. The molecule has 0 saturated heterocycles. The first kappa shape index (κ1) is 24.7. The van der Waals surface area contributed by atoms with Crippen LogP contribution in [0.3, 0.4) is 0 Å². The van der Waals surface area contributed by atoms with Crippen LogP contribution in [0.15, 0.2) is 36.4 Å². The average molecular weight is 443 g/mol. The predicted molar refractivity (Wildman–Crippen MR) is 137 cm³/mol. The van der Waals surface area contributed by atoms with Gasteiger partial charge in [0.2, 0.25) is 16.6 Å². The quantitative estimate of drug-likeness (QED) is 0.431. The molecular formula is C26H42O2Si2. The van der Waals surface area contributed by atoms with E-state index in [1.807, 2.05) is 0 Å². The van der Waals surface area contributed by atoms with Gasteiger partial charge >= 0.3 is 0 Å². The van der Waals surface area contributed by atoms with Gasteiger partial charge in [0, 0.05) is 0 Å². The van der Waals surface area contributed by atoms with E-state index < -0.39 is 16.6 Å². The minimum Gasteiger partial charge on any atom is -0.543 e. The molecule has 30 heavy (non-hydrogen) atoms. The zero-order valence-electron chi connectivity index (χ0n) is 21.3. The molecule has 0 bridgehead atoms. The lowest BCUT2D eigenvalue weighted by Crippen LogP contribution is -2.43. The summed E-state index contributed by atoms with van der Waals surface area (Å²) in [6.07, 6.45) is 0. The Labute approximate surface area is 187 Å². The number of hydrogen-bond donors (Lipinski definition) is 0. The standard InChI is InChI=1S/C26H42O2Si2/c1-19-13-15-21(27-29(9,10)25(3,4)5)17-23(19)24-18-22(16-14-20(24)2)28-30(11,12)26(6,7)8/h13-18H,1-12H3. The van der Waals surface area contributed by atoms with Crippen LogP contribution < -0.4 is 8.85 Å². The van der Waals surface area contributed by atoms with Gasteiger partial charge < -0.3 is 8.85 Å². The number of benzene rings is 2. The second kappa shape index (κ2) is 8.19. The molecule has 0 fully saturated rings. The molecule has 0 radical (unpaired) electrons. The molecule has 0 aliphatic heterocycles. The van der Waals surface area contributed by atoms with E-state index in [1.54, 1.807) is 0 Å². The lowest BCUT2D eigenvalue weighted by atomic mass is 9.96. The van der Waals surface area contributed by atoms with Crippen LogP contribution in [0, 0.1) is 13.8 Å². The maximum absolute atomic E-state index is 6.59. The summed E-state index contributed by atoms with van der Waals surface area (Å²) in [5.74, 6) is 1.94. The monoisotopic (exact) mass is 442 g/mol. The lowest BCUT2D eigenvalue weighted by molar-refractivity contribution is 0.491. The second-order valence-electron chi connectivity index (χ2n) is 11.7. The molecule has 0 spiro atoms. The van der Waals surface area contributed by atoms with Crippen LogP contribution in [0.4, 0.5) is 0 Å². The first-order valence-electron chi connectivity index (χ1n) is 11.0. The smallest absolute Gasteiger partial charge is 0.250 e. The topological polar surface area (TPSA) is 18.5 Å². The molecule has 0 aliphatic carbocycles. The van der Waals surface area contributed by atoms with Crippen molar-refractivity contribution in [2.45, 2.75) is 91.7 Å². The number of rotatable bonds is 5. The van der Waals surface area contributed by atoms with E-state index in [9.17, 15) is 0 Å². The molecule has 0 heterocycles. The van der Waals surface area contributed by atoms with E-state index in [2.05, 4.69) is 118 Å². The van der Waals surface area contributed by atoms with E-state index >= 15 is 0 Å². The van der Waals surface area contributed by atoms with Crippen molar-refractivity contribution in [2.24, 2.45) is 0 Å². The van der Waals surface area contributed by atoms with Crippen LogP contribution in [-0.2, 0) is 0 Å². The zero-order chi connectivity index (χ0) is 23.1. The number of hydrogen-bond acceptors (Lipinski definition) is 2. The van der Waals surface area contributed by atoms with Crippen molar-refractivity contribution in [1.29, 1.82) is 0 Å². The van der Waals surface area contributed by atoms with E-state index in [-0.39, 0.29) is 10.1 Å². The molecule has 0 N–H and O–H groups in total. The fourth-order valence-electron chi connectivity index (χ4n) is 2.80. The van der Waals surface area contributed by atoms with Gasteiger partial charge in [-0.25, -0.2) is 0 Å². The Bertz CT molecular complexity index is 825. The first-order valence-corrected chi connectivity index (χ1v) is 16.9. The average Bonchev–Trinajstić information content (AvgIpc) is 2.56. The van der Waals surface area contributed by atoms with Crippen LogP contribution in [0.5, 0.6) is 11.5 Å². The van der Waals surface area contributed by atoms with Gasteiger partial charge in [-0.1, -0.05) is 53.7 Å². The first-order chi connectivity index (χ1) is 13.4. The van der Waals surface area contributed by atoms with Gasteiger partial charge in [0.25, 0.3) is 0 Å². The molecule has 2 aromatic rings. The Morgan fingerprint density at radius 2 is 0.867 bits per heavy atom. The molecule has 2 rings (SSSR count). The highest BCUT2D eigenvalue weighted by molar-refractivity contribution is 6.75. The molecular weight excluding hydrogens is 400 g/mol. The van der Waals surface area contributed by atoms with Crippen molar-refractivity contribution in [3.63, 3.8) is 0 Å². The van der Waals surface area contributed by atoms with Crippen molar-refractivity contribution in [3.05, 3.63) is 47.5 Å². The van der Waals surface area contributed by atoms with Crippen LogP contribution in [0.25, 0.3) is 11.1 Å². The van der Waals surface area contributed by atoms with Crippen molar-refractivity contribution in [3.8, 4) is 22.6 Å². The summed E-state index contributed by atoms with van der Waals surface area (Å²) in [7, 11) is -3.77. The van der Waals surface area contributed by atoms with Crippen molar-refractivity contribution in [2.75, 3.05) is 0 Å². The fourth-order valence-corrected chi connectivity index (χ4v) is 4.85. The summed E-state index contributed by atoms with van der Waals surface area (Å²) in [5.41, 5.74) is 4.96. The van der Waals surface area contributed by atoms with Gasteiger partial charge in [0.1, 0.15) is 11.5 Å². The number of aryl methyl sites for hydroxylation is 2. The third-order valence-corrected chi connectivity index (χ3v) is 15.8. The SMILES string of the molecule is Cc1ccc(O[Si](C)(C)C(C)(C)C)cc1-c1cc(O[Si](C)(C)C(C)(C)C)ccc1C. The Morgan fingerprint density at radius 3 is 1.13 bits per heavy atom. The largest absolute Gasteiger partial charge is 0.543 e. The molecule has 166 valence electrons. The molecule has 2 aromatic carbocycles. The van der Waals surface area contributed by atoms with Crippen LogP contribution in [-0.4, -0.2) is 16.6 Å². The minimum absolute atomic E-state index is 0.172. The van der Waals surface area contributed by atoms with Gasteiger partial charge in [0.15, 0.2) is 0 Å². The van der Waals surface area contributed by atoms with E-state index in [1.165, 1.54) is 22.3 Å². The van der Waals surface area contributed by atoms with Gasteiger partial charge in [-0.15, -0.1) is 0 Å². The summed E-state index contributed by atoms with van der Waals surface area (Å²) in [5, 5.41) is 0.343. The molecule has 4 heteroatoms. The summed E-state index contributed by atoms with van der Waals surface area (Å²) in [4.78, 5) is 0.